The number of methoxy groups -OCH3 is 1. The number of nitrogens with one attached hydrogen (secondary N) is 2. The molecule has 7 nitrogen and oxygen atoms in total. The van der Waals surface area contributed by atoms with Crippen LogP contribution in [0.25, 0.3) is 0 Å². The van der Waals surface area contributed by atoms with E-state index in [9.17, 15) is 21.6 Å². The Balaban J connectivity index is 1.55. The van der Waals surface area contributed by atoms with Gasteiger partial charge in [0, 0.05) is 31.2 Å². The maximum absolute atomic E-state index is 13.0. The number of ether oxygens (including phenoxy) is 1. The van der Waals surface area contributed by atoms with Crippen LogP contribution in [0.5, 0.6) is 5.75 Å². The molecule has 0 radical (unpaired) electrons. The number of rotatable bonds is 8. The summed E-state index contributed by atoms with van der Waals surface area (Å²) in [6.07, 6.45) is -1.98. The Morgan fingerprint density at radius 3 is 2.64 bits per heavy atom. The average Bonchev–Trinajstić information content (AvgIpc) is 3.40. The minimum atomic E-state index is -4.71. The minimum absolute atomic E-state index is 0.0991. The van der Waals surface area contributed by atoms with E-state index in [1.807, 2.05) is 18.2 Å². The Hall–Kier alpha value is -2.67. The van der Waals surface area contributed by atoms with E-state index in [4.69, 9.17) is 4.74 Å². The molecule has 36 heavy (non-hydrogen) atoms. The Kier molecular flexibility index (Phi) is 7.88. The van der Waals surface area contributed by atoms with Crippen LogP contribution in [0.15, 0.2) is 58.9 Å². The molecular formula is C24H27F3N4O3S2. The van der Waals surface area contributed by atoms with E-state index in [0.717, 1.165) is 35.5 Å². The van der Waals surface area contributed by atoms with Crippen LogP contribution < -0.4 is 19.7 Å². The highest BCUT2D eigenvalue weighted by Crippen LogP contribution is 2.36. The lowest BCUT2D eigenvalue weighted by Gasteiger charge is -2.34. The van der Waals surface area contributed by atoms with Crippen LogP contribution >= 0.6 is 11.3 Å². The molecule has 4 rings (SSSR count). The van der Waals surface area contributed by atoms with E-state index in [0.29, 0.717) is 18.0 Å². The highest BCUT2D eigenvalue weighted by Gasteiger charge is 2.37. The lowest BCUT2D eigenvalue weighted by atomic mass is 9.92. The predicted octanol–water partition coefficient (Wildman–Crippen LogP) is 4.58. The standard InChI is InChI=1S/C24H27F3N4O3S2/c1-31(36(32,33)21-15-30-23(35-21)24(25,26)27)18-10-11-20(34-2)17(13-18)14-29-19-9-6-12-28-22(19)16-7-4-3-5-8-16/h3-5,7-8,10-11,13,15,19,22,28-29H,6,9,12,14H2,1-2H3/t19-,22-/m0/s1. The van der Waals surface area contributed by atoms with Crippen molar-refractivity contribution in [2.75, 3.05) is 25.0 Å². The quantitative estimate of drug-likeness (QED) is 0.435. The molecule has 2 aromatic carbocycles. The average molecular weight is 541 g/mol. The topological polar surface area (TPSA) is 83.6 Å². The molecule has 12 heteroatoms. The lowest BCUT2D eigenvalue weighted by Crippen LogP contribution is -2.45. The first-order chi connectivity index (χ1) is 17.1. The summed E-state index contributed by atoms with van der Waals surface area (Å²) in [5.74, 6) is 0.578. The number of piperidine rings is 1. The highest BCUT2D eigenvalue weighted by atomic mass is 32.2. The van der Waals surface area contributed by atoms with Crippen molar-refractivity contribution in [3.63, 3.8) is 0 Å². The van der Waals surface area contributed by atoms with E-state index >= 15 is 0 Å². The van der Waals surface area contributed by atoms with Crippen LogP contribution in [-0.2, 0) is 22.7 Å². The van der Waals surface area contributed by atoms with Gasteiger partial charge < -0.3 is 15.4 Å². The van der Waals surface area contributed by atoms with Gasteiger partial charge in [-0.05, 0) is 43.1 Å². The Morgan fingerprint density at radius 2 is 1.97 bits per heavy atom. The summed E-state index contributed by atoms with van der Waals surface area (Å²) in [5.41, 5.74) is 2.22. The van der Waals surface area contributed by atoms with Crippen LogP contribution in [0.4, 0.5) is 18.9 Å². The molecule has 0 amide bonds. The highest BCUT2D eigenvalue weighted by molar-refractivity contribution is 7.94. The maximum Gasteiger partial charge on any atom is 0.443 e. The molecule has 1 aliphatic rings. The van der Waals surface area contributed by atoms with Crippen LogP contribution in [-0.4, -0.2) is 40.1 Å². The summed E-state index contributed by atoms with van der Waals surface area (Å²) in [6, 6.07) is 15.3. The summed E-state index contributed by atoms with van der Waals surface area (Å²) in [5, 5.41) is 5.93. The monoisotopic (exact) mass is 540 g/mol. The fourth-order valence-corrected chi connectivity index (χ4v) is 6.60. The molecule has 0 unspecified atom stereocenters. The molecule has 1 aliphatic heterocycles. The van der Waals surface area contributed by atoms with Gasteiger partial charge in [-0.2, -0.15) is 13.2 Å². The van der Waals surface area contributed by atoms with Crippen molar-refractivity contribution in [2.24, 2.45) is 0 Å². The van der Waals surface area contributed by atoms with Crippen molar-refractivity contribution in [3.05, 3.63) is 70.9 Å². The second kappa shape index (κ2) is 10.8. The molecule has 2 heterocycles. The number of halogens is 3. The van der Waals surface area contributed by atoms with E-state index < -0.39 is 25.4 Å². The Labute approximate surface area is 212 Å². The molecule has 0 spiro atoms. The Bertz CT molecular complexity index is 1280. The third kappa shape index (κ3) is 5.66. The first-order valence-electron chi connectivity index (χ1n) is 11.3. The van der Waals surface area contributed by atoms with E-state index in [1.54, 1.807) is 18.2 Å². The molecule has 3 aromatic rings. The lowest BCUT2D eigenvalue weighted by molar-refractivity contribution is -0.137. The third-order valence-electron chi connectivity index (χ3n) is 6.14. The van der Waals surface area contributed by atoms with Gasteiger partial charge >= 0.3 is 6.18 Å². The first kappa shape index (κ1) is 26.4. The molecule has 0 bridgehead atoms. The van der Waals surface area contributed by atoms with Crippen molar-refractivity contribution >= 4 is 27.0 Å². The number of anilines is 1. The fraction of sp³-hybridized carbons (Fsp3) is 0.375. The van der Waals surface area contributed by atoms with Crippen molar-refractivity contribution in [1.82, 2.24) is 15.6 Å². The number of benzene rings is 2. The molecule has 194 valence electrons. The van der Waals surface area contributed by atoms with Gasteiger partial charge in [-0.3, -0.25) is 4.31 Å². The molecule has 2 atom stereocenters. The van der Waals surface area contributed by atoms with Gasteiger partial charge in [0.2, 0.25) is 0 Å². The second-order valence-electron chi connectivity index (χ2n) is 8.42. The van der Waals surface area contributed by atoms with Gasteiger partial charge in [-0.15, -0.1) is 0 Å². The van der Waals surface area contributed by atoms with Gasteiger partial charge in [0.25, 0.3) is 10.0 Å². The van der Waals surface area contributed by atoms with Crippen molar-refractivity contribution < 1.29 is 26.3 Å². The summed E-state index contributed by atoms with van der Waals surface area (Å²) >= 11 is 0.0991. The molecule has 0 aliphatic carbocycles. The number of hydrogen-bond donors (Lipinski definition) is 2. The van der Waals surface area contributed by atoms with Crippen molar-refractivity contribution in [3.8, 4) is 5.75 Å². The number of aromatic nitrogens is 1. The third-order valence-corrected chi connectivity index (χ3v) is 9.41. The summed E-state index contributed by atoms with van der Waals surface area (Å²) < 4.78 is 70.8. The molecule has 1 fully saturated rings. The van der Waals surface area contributed by atoms with Gasteiger partial charge in [-0.25, -0.2) is 13.4 Å². The molecule has 1 saturated heterocycles. The number of sulfonamides is 1. The normalized spacial score (nSPS) is 18.7. The van der Waals surface area contributed by atoms with Crippen molar-refractivity contribution in [2.45, 2.75) is 41.9 Å². The smallest absolute Gasteiger partial charge is 0.443 e. The summed E-state index contributed by atoms with van der Waals surface area (Å²) in [4.78, 5) is 3.24. The number of thiazole rings is 1. The van der Waals surface area contributed by atoms with Crippen molar-refractivity contribution in [1.29, 1.82) is 0 Å². The number of hydrogen-bond acceptors (Lipinski definition) is 7. The van der Waals surface area contributed by atoms with Crippen LogP contribution in [0, 0.1) is 0 Å². The zero-order valence-corrected chi connectivity index (χ0v) is 21.4. The van der Waals surface area contributed by atoms with Crippen LogP contribution in [0.2, 0.25) is 0 Å². The predicted molar refractivity (Wildman–Crippen MR) is 133 cm³/mol. The zero-order chi connectivity index (χ0) is 25.9. The number of alkyl halides is 3. The summed E-state index contributed by atoms with van der Waals surface area (Å²) in [6.45, 7) is 1.34. The molecule has 2 N–H and O–H groups in total. The van der Waals surface area contributed by atoms with E-state index in [1.165, 1.54) is 19.7 Å². The summed E-state index contributed by atoms with van der Waals surface area (Å²) in [7, 11) is -1.39. The number of nitrogens with zero attached hydrogens (tertiary/aromatic N) is 2. The SMILES string of the molecule is COc1ccc(N(C)S(=O)(=O)c2cnc(C(F)(F)F)s2)cc1CN[C@H]1CCCN[C@H]1c1ccccc1. The molecule has 1 aromatic heterocycles. The second-order valence-corrected chi connectivity index (χ2v) is 11.6. The minimum Gasteiger partial charge on any atom is -0.496 e. The fourth-order valence-electron chi connectivity index (χ4n) is 4.24. The van der Waals surface area contributed by atoms with E-state index in [2.05, 4.69) is 27.8 Å². The van der Waals surface area contributed by atoms with Crippen LogP contribution in [0.1, 0.15) is 35.0 Å². The van der Waals surface area contributed by atoms with Crippen LogP contribution in [0.3, 0.4) is 0 Å². The van der Waals surface area contributed by atoms with Gasteiger partial charge in [0.15, 0.2) is 9.22 Å². The maximum atomic E-state index is 13.0. The van der Waals surface area contributed by atoms with Gasteiger partial charge in [-0.1, -0.05) is 41.7 Å². The van der Waals surface area contributed by atoms with E-state index in [-0.39, 0.29) is 23.4 Å². The largest absolute Gasteiger partial charge is 0.496 e. The Morgan fingerprint density at radius 1 is 1.22 bits per heavy atom. The van der Waals surface area contributed by atoms with Gasteiger partial charge in [0.1, 0.15) is 5.75 Å². The molecule has 0 saturated carbocycles. The van der Waals surface area contributed by atoms with Gasteiger partial charge in [0.05, 0.1) is 19.0 Å². The molecular weight excluding hydrogens is 513 g/mol. The zero-order valence-electron chi connectivity index (χ0n) is 19.7. The first-order valence-corrected chi connectivity index (χ1v) is 13.6.